The number of ether oxygens (including phenoxy) is 1. The second-order valence-electron chi connectivity index (χ2n) is 8.10. The molecule has 2 saturated heterocycles. The van der Waals surface area contributed by atoms with Crippen LogP contribution in [-0.4, -0.2) is 45.7 Å². The fourth-order valence-corrected chi connectivity index (χ4v) is 4.48. The molecule has 0 aromatic carbocycles. The first-order valence-electron chi connectivity index (χ1n) is 9.72. The molecule has 5 heterocycles. The van der Waals surface area contributed by atoms with Crippen LogP contribution in [0.15, 0.2) is 42.9 Å². The van der Waals surface area contributed by atoms with Crippen molar-refractivity contribution in [1.82, 2.24) is 19.4 Å². The Hall–Kier alpha value is -2.45. The highest BCUT2D eigenvalue weighted by molar-refractivity contribution is 5.78. The van der Waals surface area contributed by atoms with E-state index in [-0.39, 0.29) is 0 Å². The summed E-state index contributed by atoms with van der Waals surface area (Å²) in [4.78, 5) is 10.4. The van der Waals surface area contributed by atoms with Gasteiger partial charge in [-0.1, -0.05) is 0 Å². The summed E-state index contributed by atoms with van der Waals surface area (Å²) in [6.45, 7) is 4.74. The molecule has 29 heavy (non-hydrogen) atoms. The van der Waals surface area contributed by atoms with Crippen LogP contribution in [0, 0.1) is 5.41 Å². The van der Waals surface area contributed by atoms with Gasteiger partial charge in [0, 0.05) is 62.2 Å². The van der Waals surface area contributed by atoms with Gasteiger partial charge >= 0.3 is 6.18 Å². The highest BCUT2D eigenvalue weighted by Gasteiger charge is 2.43. The number of hydrogen-bond donors (Lipinski definition) is 0. The third-order valence-electron chi connectivity index (χ3n) is 5.97. The molecule has 0 N–H and O–H groups in total. The molecule has 0 radical (unpaired) electrons. The summed E-state index contributed by atoms with van der Waals surface area (Å²) in [7, 11) is 0. The molecule has 0 aliphatic carbocycles. The number of alkyl halides is 3. The molecule has 0 bridgehead atoms. The number of nitrogens with zero attached hydrogens (tertiary/aromatic N) is 4. The van der Waals surface area contributed by atoms with Gasteiger partial charge in [0.2, 0.25) is 0 Å². The van der Waals surface area contributed by atoms with Gasteiger partial charge in [0.15, 0.2) is 0 Å². The van der Waals surface area contributed by atoms with Crippen molar-refractivity contribution in [2.45, 2.75) is 25.6 Å². The molecule has 3 aromatic heterocycles. The second-order valence-corrected chi connectivity index (χ2v) is 8.10. The number of halogens is 3. The molecule has 1 spiro atoms. The first kappa shape index (κ1) is 18.6. The zero-order chi connectivity index (χ0) is 20.1. The van der Waals surface area contributed by atoms with Gasteiger partial charge in [0.1, 0.15) is 11.3 Å². The Balaban J connectivity index is 1.34. The van der Waals surface area contributed by atoms with Crippen LogP contribution in [0.1, 0.15) is 24.1 Å². The van der Waals surface area contributed by atoms with E-state index in [0.29, 0.717) is 16.7 Å². The lowest BCUT2D eigenvalue weighted by molar-refractivity contribution is -0.141. The molecule has 2 fully saturated rings. The van der Waals surface area contributed by atoms with Crippen LogP contribution < -0.4 is 0 Å². The zero-order valence-electron chi connectivity index (χ0n) is 15.8. The minimum absolute atomic E-state index is 0.395. The van der Waals surface area contributed by atoms with Crippen molar-refractivity contribution < 1.29 is 17.9 Å². The van der Waals surface area contributed by atoms with E-state index in [9.17, 15) is 13.2 Å². The maximum Gasteiger partial charge on any atom is 0.433 e. The van der Waals surface area contributed by atoms with Crippen molar-refractivity contribution >= 4 is 11.0 Å². The van der Waals surface area contributed by atoms with Gasteiger partial charge in [0.05, 0.1) is 5.69 Å². The molecule has 2 aliphatic heterocycles. The Morgan fingerprint density at radius 3 is 2.62 bits per heavy atom. The minimum atomic E-state index is -4.47. The number of rotatable bonds is 3. The number of fused-ring (bicyclic) bond motifs is 1. The molecule has 0 saturated carbocycles. The van der Waals surface area contributed by atoms with Crippen LogP contribution in [0.3, 0.4) is 0 Å². The third kappa shape index (κ3) is 3.51. The molecular weight excluding hydrogens is 381 g/mol. The molecule has 5 nitrogen and oxygen atoms in total. The lowest BCUT2D eigenvalue weighted by Gasteiger charge is -2.52. The van der Waals surface area contributed by atoms with Crippen molar-refractivity contribution in [1.29, 1.82) is 0 Å². The first-order valence-corrected chi connectivity index (χ1v) is 9.72. The molecule has 8 heteroatoms. The standard InChI is InChI=1S/C21H21F3N4O/c22-21(23,24)18-10-17(1-5-25-18)28-6-2-16-9-15(11-26-19(16)28)12-27-13-20(14-27)3-7-29-8-4-20/h1-2,5-6,9-11H,3-4,7-8,12-14H2. The van der Waals surface area contributed by atoms with Crippen molar-refractivity contribution in [3.8, 4) is 5.69 Å². The van der Waals surface area contributed by atoms with Crippen LogP contribution >= 0.6 is 0 Å². The molecule has 0 atom stereocenters. The van der Waals surface area contributed by atoms with E-state index < -0.39 is 11.9 Å². The van der Waals surface area contributed by atoms with E-state index >= 15 is 0 Å². The molecule has 2 aliphatic rings. The summed E-state index contributed by atoms with van der Waals surface area (Å²) in [6.07, 6.45) is 2.54. The van der Waals surface area contributed by atoms with Crippen LogP contribution in [-0.2, 0) is 17.5 Å². The average Bonchev–Trinajstić information content (AvgIpc) is 3.10. The zero-order valence-corrected chi connectivity index (χ0v) is 15.8. The largest absolute Gasteiger partial charge is 0.433 e. The van der Waals surface area contributed by atoms with Gasteiger partial charge in [-0.15, -0.1) is 0 Å². The molecule has 0 unspecified atom stereocenters. The summed E-state index contributed by atoms with van der Waals surface area (Å²) in [5, 5.41) is 0.911. The van der Waals surface area contributed by atoms with E-state index in [2.05, 4.69) is 20.9 Å². The summed E-state index contributed by atoms with van der Waals surface area (Å²) in [6, 6.07) is 6.55. The Morgan fingerprint density at radius 1 is 1.07 bits per heavy atom. The maximum atomic E-state index is 13.0. The fourth-order valence-electron chi connectivity index (χ4n) is 4.48. The smallest absolute Gasteiger partial charge is 0.381 e. The minimum Gasteiger partial charge on any atom is -0.381 e. The van der Waals surface area contributed by atoms with E-state index in [1.165, 1.54) is 6.20 Å². The summed E-state index contributed by atoms with van der Waals surface area (Å²) in [5.74, 6) is 0. The topological polar surface area (TPSA) is 43.2 Å². The Labute approximate surface area is 166 Å². The lowest BCUT2D eigenvalue weighted by Crippen LogP contribution is -2.57. The Kier molecular flexibility index (Phi) is 4.36. The summed E-state index contributed by atoms with van der Waals surface area (Å²) < 4.78 is 46.0. The predicted octanol–water partition coefficient (Wildman–Crippen LogP) is 4.05. The fraction of sp³-hybridized carbons (Fsp3) is 0.429. The molecule has 3 aromatic rings. The van der Waals surface area contributed by atoms with Gasteiger partial charge in [-0.05, 0) is 42.7 Å². The SMILES string of the molecule is FC(F)(F)c1cc(-n2ccc3cc(CN4CC5(CCOCC5)C4)cnc32)ccn1. The molecular formula is C21H21F3N4O. The molecule has 152 valence electrons. The van der Waals surface area contributed by atoms with Crippen molar-refractivity contribution in [3.63, 3.8) is 0 Å². The Morgan fingerprint density at radius 2 is 1.86 bits per heavy atom. The summed E-state index contributed by atoms with van der Waals surface area (Å²) in [5.41, 5.74) is 1.66. The van der Waals surface area contributed by atoms with Crippen molar-refractivity contribution in [2.75, 3.05) is 26.3 Å². The van der Waals surface area contributed by atoms with Crippen molar-refractivity contribution in [3.05, 3.63) is 54.1 Å². The van der Waals surface area contributed by atoms with Crippen LogP contribution in [0.4, 0.5) is 13.2 Å². The quantitative estimate of drug-likeness (QED) is 0.663. The average molecular weight is 402 g/mol. The number of aromatic nitrogens is 3. The summed E-state index contributed by atoms with van der Waals surface area (Å²) >= 11 is 0. The highest BCUT2D eigenvalue weighted by Crippen LogP contribution is 2.40. The third-order valence-corrected chi connectivity index (χ3v) is 5.97. The predicted molar refractivity (Wildman–Crippen MR) is 102 cm³/mol. The number of pyridine rings is 2. The Bertz CT molecular complexity index is 1030. The number of hydrogen-bond acceptors (Lipinski definition) is 4. The first-order chi connectivity index (χ1) is 13.9. The molecule has 0 amide bonds. The van der Waals surface area contributed by atoms with E-state index in [1.807, 2.05) is 12.3 Å². The van der Waals surface area contributed by atoms with Gasteiger partial charge < -0.3 is 9.30 Å². The van der Waals surface area contributed by atoms with Crippen LogP contribution in [0.5, 0.6) is 0 Å². The van der Waals surface area contributed by atoms with Crippen LogP contribution in [0.25, 0.3) is 16.7 Å². The highest BCUT2D eigenvalue weighted by atomic mass is 19.4. The maximum absolute atomic E-state index is 13.0. The number of likely N-dealkylation sites (tertiary alicyclic amines) is 1. The monoisotopic (exact) mass is 402 g/mol. The van der Waals surface area contributed by atoms with Gasteiger partial charge in [-0.2, -0.15) is 13.2 Å². The van der Waals surface area contributed by atoms with Crippen LogP contribution in [0.2, 0.25) is 0 Å². The second kappa shape index (κ2) is 6.81. The van der Waals surface area contributed by atoms with Gasteiger partial charge in [-0.3, -0.25) is 9.88 Å². The van der Waals surface area contributed by atoms with Gasteiger partial charge in [-0.25, -0.2) is 4.98 Å². The van der Waals surface area contributed by atoms with Crippen molar-refractivity contribution in [2.24, 2.45) is 5.41 Å². The van der Waals surface area contributed by atoms with Gasteiger partial charge in [0.25, 0.3) is 0 Å². The normalized spacial score (nSPS) is 19.6. The van der Waals surface area contributed by atoms with E-state index in [1.54, 1.807) is 16.8 Å². The molecule has 5 rings (SSSR count). The lowest BCUT2D eigenvalue weighted by atomic mass is 9.73. The van der Waals surface area contributed by atoms with E-state index in [4.69, 9.17) is 4.74 Å². The van der Waals surface area contributed by atoms with E-state index in [0.717, 1.165) is 62.7 Å².